The van der Waals surface area contributed by atoms with Crippen LogP contribution in [0.15, 0.2) is 82.5 Å². The number of carboxylic acids is 1. The van der Waals surface area contributed by atoms with Crippen molar-refractivity contribution in [3.63, 3.8) is 0 Å². The SMILES string of the molecule is CO[C@@H]1[C@H](OC(=O)c2ccccc2)[C@@H](CO)O[C@@]1(C(=O)O)n1ccc(=O)n(COCc2ccccc2)c1=O. The average molecular weight is 526 g/mol. The van der Waals surface area contributed by atoms with Gasteiger partial charge in [0.05, 0.1) is 18.8 Å². The zero-order valence-electron chi connectivity index (χ0n) is 20.3. The number of hydrogen-bond acceptors (Lipinski definition) is 9. The number of carbonyl (C=O) groups excluding carboxylic acids is 1. The van der Waals surface area contributed by atoms with Crippen LogP contribution in [0.4, 0.5) is 0 Å². The molecular weight excluding hydrogens is 500 g/mol. The maximum Gasteiger partial charge on any atom is 0.361 e. The standard InChI is InChI=1S/C26H26N2O10/c1-35-22-21(37-23(31)18-10-6-3-7-11-18)19(14-29)38-26(22,24(32)33)28-13-12-20(30)27(25(28)34)16-36-15-17-8-4-2-5-9-17/h2-13,19,21-22,29H,14-16H2,1H3,(H,32,33)/t19-,21-,22-,26+/m1/s1. The average Bonchev–Trinajstić information content (AvgIpc) is 3.25. The first-order chi connectivity index (χ1) is 18.3. The fourth-order valence-electron chi connectivity index (χ4n) is 4.31. The number of nitrogens with zero attached hydrogens (tertiary/aromatic N) is 2. The van der Waals surface area contributed by atoms with E-state index < -0.39 is 60.6 Å². The Hall–Kier alpha value is -4.10. The van der Waals surface area contributed by atoms with Crippen LogP contribution in [0.2, 0.25) is 0 Å². The highest BCUT2D eigenvalue weighted by Crippen LogP contribution is 2.39. The molecule has 1 aromatic heterocycles. The summed E-state index contributed by atoms with van der Waals surface area (Å²) in [5, 5.41) is 20.3. The smallest absolute Gasteiger partial charge is 0.361 e. The lowest BCUT2D eigenvalue weighted by atomic mass is 10.0. The van der Waals surface area contributed by atoms with E-state index in [-0.39, 0.29) is 12.2 Å². The van der Waals surface area contributed by atoms with Gasteiger partial charge in [-0.2, -0.15) is 0 Å². The summed E-state index contributed by atoms with van der Waals surface area (Å²) < 4.78 is 23.5. The number of hydrogen-bond donors (Lipinski definition) is 2. The van der Waals surface area contributed by atoms with E-state index in [9.17, 15) is 29.4 Å². The number of esters is 1. The zero-order valence-corrected chi connectivity index (χ0v) is 20.3. The predicted octanol–water partition coefficient (Wildman–Crippen LogP) is 0.553. The summed E-state index contributed by atoms with van der Waals surface area (Å²) in [5.74, 6) is -2.48. The van der Waals surface area contributed by atoms with Crippen LogP contribution in [0, 0.1) is 0 Å². The summed E-state index contributed by atoms with van der Waals surface area (Å²) in [6, 6.07) is 17.9. The van der Waals surface area contributed by atoms with Gasteiger partial charge in [0, 0.05) is 19.4 Å². The molecule has 38 heavy (non-hydrogen) atoms. The Bertz CT molecular complexity index is 1390. The van der Waals surface area contributed by atoms with Gasteiger partial charge in [-0.05, 0) is 17.7 Å². The van der Waals surface area contributed by atoms with Gasteiger partial charge in [-0.1, -0.05) is 48.5 Å². The van der Waals surface area contributed by atoms with Crippen molar-refractivity contribution < 1.29 is 38.7 Å². The van der Waals surface area contributed by atoms with E-state index in [1.165, 1.54) is 12.1 Å². The van der Waals surface area contributed by atoms with Crippen molar-refractivity contribution in [2.75, 3.05) is 13.7 Å². The number of carbonyl (C=O) groups is 2. The molecular formula is C26H26N2O10. The van der Waals surface area contributed by atoms with E-state index in [4.69, 9.17) is 18.9 Å². The van der Waals surface area contributed by atoms with Gasteiger partial charge in [-0.3, -0.25) is 9.36 Å². The first-order valence-corrected chi connectivity index (χ1v) is 11.6. The normalized spacial score (nSPS) is 22.7. The van der Waals surface area contributed by atoms with Crippen molar-refractivity contribution in [1.29, 1.82) is 0 Å². The van der Waals surface area contributed by atoms with Crippen molar-refractivity contribution in [3.8, 4) is 0 Å². The second kappa shape index (κ2) is 11.5. The molecule has 1 saturated heterocycles. The number of aromatic nitrogens is 2. The summed E-state index contributed by atoms with van der Waals surface area (Å²) in [6.45, 7) is -1.14. The molecule has 0 radical (unpaired) electrons. The molecule has 2 heterocycles. The minimum absolute atomic E-state index is 0.0903. The molecule has 0 amide bonds. The lowest BCUT2D eigenvalue weighted by molar-refractivity contribution is -0.199. The molecule has 3 aromatic rings. The molecule has 4 atom stereocenters. The highest BCUT2D eigenvalue weighted by Gasteiger charge is 2.64. The minimum Gasteiger partial charge on any atom is -0.478 e. The van der Waals surface area contributed by atoms with Gasteiger partial charge in [0.25, 0.3) is 11.3 Å². The predicted molar refractivity (Wildman–Crippen MR) is 130 cm³/mol. The number of ether oxygens (including phenoxy) is 4. The first kappa shape index (κ1) is 26.9. The number of benzene rings is 2. The zero-order chi connectivity index (χ0) is 27.3. The van der Waals surface area contributed by atoms with Crippen molar-refractivity contribution in [2.24, 2.45) is 0 Å². The quantitative estimate of drug-likeness (QED) is 0.358. The highest BCUT2D eigenvalue weighted by atomic mass is 16.7. The third-order valence-electron chi connectivity index (χ3n) is 6.13. The monoisotopic (exact) mass is 526 g/mol. The number of carboxylic acid groups (broad SMARTS) is 1. The molecule has 0 bridgehead atoms. The van der Waals surface area contributed by atoms with E-state index in [0.29, 0.717) is 9.13 Å². The summed E-state index contributed by atoms with van der Waals surface area (Å²) in [4.78, 5) is 51.4. The Kier molecular flexibility index (Phi) is 8.17. The number of aliphatic hydroxyl groups excluding tert-OH is 1. The van der Waals surface area contributed by atoms with Gasteiger partial charge in [0.2, 0.25) is 0 Å². The third-order valence-corrected chi connectivity index (χ3v) is 6.13. The first-order valence-electron chi connectivity index (χ1n) is 11.6. The van der Waals surface area contributed by atoms with E-state index in [0.717, 1.165) is 24.9 Å². The van der Waals surface area contributed by atoms with E-state index in [2.05, 4.69) is 0 Å². The van der Waals surface area contributed by atoms with Crippen LogP contribution in [0.25, 0.3) is 0 Å². The summed E-state index contributed by atoms with van der Waals surface area (Å²) >= 11 is 0. The molecule has 200 valence electrons. The Morgan fingerprint density at radius 2 is 1.68 bits per heavy atom. The topological polar surface area (TPSA) is 156 Å². The van der Waals surface area contributed by atoms with Crippen molar-refractivity contribution in [1.82, 2.24) is 9.13 Å². The molecule has 1 aliphatic rings. The molecule has 1 fully saturated rings. The maximum atomic E-state index is 13.4. The largest absolute Gasteiger partial charge is 0.478 e. The van der Waals surface area contributed by atoms with Crippen molar-refractivity contribution in [2.45, 2.75) is 37.4 Å². The van der Waals surface area contributed by atoms with Crippen LogP contribution < -0.4 is 11.2 Å². The fraction of sp³-hybridized carbons (Fsp3) is 0.308. The number of aliphatic carboxylic acids is 1. The number of methoxy groups -OCH3 is 1. The molecule has 12 nitrogen and oxygen atoms in total. The second-order valence-electron chi connectivity index (χ2n) is 8.43. The van der Waals surface area contributed by atoms with Gasteiger partial charge < -0.3 is 29.2 Å². The third kappa shape index (κ3) is 5.02. The fourth-order valence-corrected chi connectivity index (χ4v) is 4.31. The molecule has 2 aromatic carbocycles. The molecule has 0 saturated carbocycles. The Balaban J connectivity index is 1.69. The Morgan fingerprint density at radius 3 is 2.29 bits per heavy atom. The molecule has 0 spiro atoms. The van der Waals surface area contributed by atoms with Gasteiger partial charge in [0.15, 0.2) is 12.2 Å². The summed E-state index contributed by atoms with van der Waals surface area (Å²) in [6.07, 6.45) is -3.42. The van der Waals surface area contributed by atoms with Crippen LogP contribution in [-0.4, -0.2) is 63.3 Å². The molecule has 12 heteroatoms. The second-order valence-corrected chi connectivity index (χ2v) is 8.43. The Labute approximate surface area is 216 Å². The van der Waals surface area contributed by atoms with Crippen molar-refractivity contribution in [3.05, 3.63) is 105 Å². The van der Waals surface area contributed by atoms with Crippen molar-refractivity contribution >= 4 is 11.9 Å². The lowest BCUT2D eigenvalue weighted by Gasteiger charge is -2.32. The van der Waals surface area contributed by atoms with Crippen LogP contribution in [0.3, 0.4) is 0 Å². The maximum absolute atomic E-state index is 13.4. The number of aliphatic hydroxyl groups is 1. The minimum atomic E-state index is -2.59. The number of rotatable bonds is 10. The molecule has 0 aliphatic carbocycles. The van der Waals surface area contributed by atoms with Gasteiger partial charge in [-0.15, -0.1) is 0 Å². The van der Waals surface area contributed by atoms with Crippen LogP contribution in [0.5, 0.6) is 0 Å². The van der Waals surface area contributed by atoms with E-state index >= 15 is 0 Å². The van der Waals surface area contributed by atoms with Crippen LogP contribution in [0.1, 0.15) is 15.9 Å². The molecule has 4 rings (SSSR count). The van der Waals surface area contributed by atoms with Gasteiger partial charge in [0.1, 0.15) is 12.8 Å². The Morgan fingerprint density at radius 1 is 1.03 bits per heavy atom. The molecule has 2 N–H and O–H groups in total. The van der Waals surface area contributed by atoms with Crippen LogP contribution >= 0.6 is 0 Å². The van der Waals surface area contributed by atoms with Gasteiger partial charge in [-0.25, -0.2) is 19.0 Å². The molecule has 1 aliphatic heterocycles. The van der Waals surface area contributed by atoms with Gasteiger partial charge >= 0.3 is 17.6 Å². The summed E-state index contributed by atoms with van der Waals surface area (Å²) in [5.41, 5.74) is -3.42. The molecule has 0 unspecified atom stereocenters. The lowest BCUT2D eigenvalue weighted by Crippen LogP contribution is -2.59. The van der Waals surface area contributed by atoms with E-state index in [1.54, 1.807) is 42.5 Å². The summed E-state index contributed by atoms with van der Waals surface area (Å²) in [7, 11) is 1.15. The highest BCUT2D eigenvalue weighted by molar-refractivity contribution is 5.89. The van der Waals surface area contributed by atoms with E-state index in [1.807, 2.05) is 6.07 Å². The van der Waals surface area contributed by atoms with Crippen LogP contribution in [-0.2, 0) is 42.8 Å².